The molecule has 0 spiro atoms. The molecule has 114 valence electrons. The van der Waals surface area contributed by atoms with Gasteiger partial charge in [0.2, 0.25) is 0 Å². The highest BCUT2D eigenvalue weighted by molar-refractivity contribution is 9.10. The molecule has 0 saturated heterocycles. The SMILES string of the molecule is CCCNC(Cc1c(F)ccc(Br)c1F)c1cscc1C. The van der Waals surface area contributed by atoms with Gasteiger partial charge in [-0.05, 0) is 76.3 Å². The average molecular weight is 374 g/mol. The number of nitrogens with one attached hydrogen (secondary N) is 1. The summed E-state index contributed by atoms with van der Waals surface area (Å²) >= 11 is 4.74. The maximum atomic E-state index is 14.2. The summed E-state index contributed by atoms with van der Waals surface area (Å²) in [5.41, 5.74) is 2.40. The van der Waals surface area contributed by atoms with Crippen molar-refractivity contribution < 1.29 is 8.78 Å². The van der Waals surface area contributed by atoms with Crippen LogP contribution in [0.5, 0.6) is 0 Å². The van der Waals surface area contributed by atoms with Gasteiger partial charge in [0.25, 0.3) is 0 Å². The van der Waals surface area contributed by atoms with E-state index in [1.165, 1.54) is 12.1 Å². The van der Waals surface area contributed by atoms with Crippen molar-refractivity contribution in [3.05, 3.63) is 55.7 Å². The number of rotatable bonds is 6. The molecule has 0 aliphatic heterocycles. The van der Waals surface area contributed by atoms with Crippen molar-refractivity contribution >= 4 is 27.3 Å². The maximum absolute atomic E-state index is 14.2. The zero-order valence-corrected chi connectivity index (χ0v) is 14.5. The van der Waals surface area contributed by atoms with Crippen molar-refractivity contribution in [3.8, 4) is 0 Å². The Hall–Kier alpha value is -0.780. The number of aryl methyl sites for hydroxylation is 1. The van der Waals surface area contributed by atoms with Gasteiger partial charge in [0, 0.05) is 11.6 Å². The van der Waals surface area contributed by atoms with Crippen LogP contribution in [0.3, 0.4) is 0 Å². The fraction of sp³-hybridized carbons (Fsp3) is 0.375. The third-order valence-electron chi connectivity index (χ3n) is 3.46. The number of benzene rings is 1. The first-order chi connectivity index (χ1) is 10.0. The zero-order chi connectivity index (χ0) is 15.4. The normalized spacial score (nSPS) is 12.6. The number of halogens is 3. The number of hydrogen-bond donors (Lipinski definition) is 1. The molecule has 1 unspecified atom stereocenters. The molecule has 0 bridgehead atoms. The summed E-state index contributed by atoms with van der Waals surface area (Å²) in [5.74, 6) is -1.00. The van der Waals surface area contributed by atoms with E-state index in [1.54, 1.807) is 11.3 Å². The van der Waals surface area contributed by atoms with E-state index in [9.17, 15) is 8.78 Å². The van der Waals surface area contributed by atoms with Gasteiger partial charge in [-0.25, -0.2) is 8.78 Å². The monoisotopic (exact) mass is 373 g/mol. The lowest BCUT2D eigenvalue weighted by Gasteiger charge is -2.20. The molecular weight excluding hydrogens is 356 g/mol. The van der Waals surface area contributed by atoms with E-state index in [-0.39, 0.29) is 11.6 Å². The van der Waals surface area contributed by atoms with Crippen LogP contribution in [-0.2, 0) is 6.42 Å². The van der Waals surface area contributed by atoms with Crippen LogP contribution in [-0.4, -0.2) is 6.54 Å². The molecule has 5 heteroatoms. The fourth-order valence-electron chi connectivity index (χ4n) is 2.30. The topological polar surface area (TPSA) is 12.0 Å². The highest BCUT2D eigenvalue weighted by Crippen LogP contribution is 2.29. The Balaban J connectivity index is 2.32. The molecule has 1 aromatic carbocycles. The number of thiophene rings is 1. The van der Waals surface area contributed by atoms with Gasteiger partial charge in [0.05, 0.1) is 4.47 Å². The predicted molar refractivity (Wildman–Crippen MR) is 87.9 cm³/mol. The van der Waals surface area contributed by atoms with Crippen molar-refractivity contribution in [2.75, 3.05) is 6.54 Å². The lowest BCUT2D eigenvalue weighted by atomic mass is 9.97. The molecule has 0 amide bonds. The molecule has 21 heavy (non-hydrogen) atoms. The molecule has 2 aromatic rings. The van der Waals surface area contributed by atoms with Crippen LogP contribution < -0.4 is 5.32 Å². The molecule has 1 aromatic heterocycles. The quantitative estimate of drug-likeness (QED) is 0.670. The maximum Gasteiger partial charge on any atom is 0.143 e. The molecule has 0 saturated carbocycles. The van der Waals surface area contributed by atoms with Gasteiger partial charge in [0.1, 0.15) is 11.6 Å². The highest BCUT2D eigenvalue weighted by Gasteiger charge is 2.20. The summed E-state index contributed by atoms with van der Waals surface area (Å²) in [4.78, 5) is 0. The summed E-state index contributed by atoms with van der Waals surface area (Å²) < 4.78 is 28.4. The minimum absolute atomic E-state index is 0.0745. The van der Waals surface area contributed by atoms with Crippen LogP contribution >= 0.6 is 27.3 Å². The van der Waals surface area contributed by atoms with E-state index < -0.39 is 11.6 Å². The van der Waals surface area contributed by atoms with Crippen molar-refractivity contribution in [3.63, 3.8) is 0 Å². The van der Waals surface area contributed by atoms with Crippen molar-refractivity contribution in [2.24, 2.45) is 0 Å². The second-order valence-corrected chi connectivity index (χ2v) is 6.64. The largest absolute Gasteiger partial charge is 0.310 e. The van der Waals surface area contributed by atoms with Crippen molar-refractivity contribution in [2.45, 2.75) is 32.7 Å². The summed E-state index contributed by atoms with van der Waals surface area (Å²) in [6, 6.07) is 2.63. The summed E-state index contributed by atoms with van der Waals surface area (Å²) in [6.07, 6.45) is 1.28. The van der Waals surface area contributed by atoms with Crippen LogP contribution in [0.4, 0.5) is 8.78 Å². The second-order valence-electron chi connectivity index (χ2n) is 5.04. The van der Waals surface area contributed by atoms with Gasteiger partial charge in [-0.1, -0.05) is 6.92 Å². The van der Waals surface area contributed by atoms with Gasteiger partial charge in [0.15, 0.2) is 0 Å². The summed E-state index contributed by atoms with van der Waals surface area (Å²) in [5, 5.41) is 7.50. The van der Waals surface area contributed by atoms with Crippen LogP contribution in [0, 0.1) is 18.6 Å². The first-order valence-corrected chi connectivity index (χ1v) is 8.66. The minimum atomic E-state index is -0.508. The lowest BCUT2D eigenvalue weighted by molar-refractivity contribution is 0.488. The van der Waals surface area contributed by atoms with E-state index in [1.807, 2.05) is 6.92 Å². The van der Waals surface area contributed by atoms with Crippen LogP contribution in [0.15, 0.2) is 27.4 Å². The van der Waals surface area contributed by atoms with Crippen LogP contribution in [0.2, 0.25) is 0 Å². The van der Waals surface area contributed by atoms with E-state index >= 15 is 0 Å². The first kappa shape index (κ1) is 16.6. The van der Waals surface area contributed by atoms with Crippen LogP contribution in [0.1, 0.15) is 36.1 Å². The van der Waals surface area contributed by atoms with E-state index in [2.05, 4.69) is 38.9 Å². The van der Waals surface area contributed by atoms with Gasteiger partial charge < -0.3 is 5.32 Å². The molecule has 0 fully saturated rings. The Morgan fingerprint density at radius 1 is 1.29 bits per heavy atom. The first-order valence-electron chi connectivity index (χ1n) is 6.93. The Morgan fingerprint density at radius 2 is 2.05 bits per heavy atom. The Bertz CT molecular complexity index is 612. The third-order valence-corrected chi connectivity index (χ3v) is 4.95. The second kappa shape index (κ2) is 7.47. The Labute approximate surface area is 136 Å². The summed E-state index contributed by atoms with van der Waals surface area (Å²) in [7, 11) is 0. The van der Waals surface area contributed by atoms with Crippen molar-refractivity contribution in [1.29, 1.82) is 0 Å². The van der Waals surface area contributed by atoms with Gasteiger partial charge in [-0.2, -0.15) is 11.3 Å². The smallest absolute Gasteiger partial charge is 0.143 e. The molecule has 2 rings (SSSR count). The molecule has 1 heterocycles. The zero-order valence-electron chi connectivity index (χ0n) is 12.1. The van der Waals surface area contributed by atoms with E-state index in [0.717, 1.165) is 24.1 Å². The third kappa shape index (κ3) is 3.90. The van der Waals surface area contributed by atoms with Crippen LogP contribution in [0.25, 0.3) is 0 Å². The molecule has 1 atom stereocenters. The Kier molecular flexibility index (Phi) is 5.90. The highest BCUT2D eigenvalue weighted by atomic mass is 79.9. The van der Waals surface area contributed by atoms with Gasteiger partial charge >= 0.3 is 0 Å². The Morgan fingerprint density at radius 3 is 2.67 bits per heavy atom. The van der Waals surface area contributed by atoms with Gasteiger partial charge in [-0.15, -0.1) is 0 Å². The summed E-state index contributed by atoms with van der Waals surface area (Å²) in [6.45, 7) is 4.92. The minimum Gasteiger partial charge on any atom is -0.310 e. The van der Waals surface area contributed by atoms with Crippen molar-refractivity contribution in [1.82, 2.24) is 5.32 Å². The predicted octanol–water partition coefficient (Wildman–Crippen LogP) is 5.38. The van der Waals surface area contributed by atoms with E-state index in [4.69, 9.17) is 0 Å². The fourth-order valence-corrected chi connectivity index (χ4v) is 3.57. The molecule has 0 radical (unpaired) electrons. The molecule has 1 N–H and O–H groups in total. The molecule has 0 aliphatic carbocycles. The lowest BCUT2D eigenvalue weighted by Crippen LogP contribution is -2.25. The van der Waals surface area contributed by atoms with E-state index in [0.29, 0.717) is 10.9 Å². The molecule has 1 nitrogen and oxygen atoms in total. The van der Waals surface area contributed by atoms with Gasteiger partial charge in [-0.3, -0.25) is 0 Å². The molecular formula is C16H18BrF2NS. The number of hydrogen-bond acceptors (Lipinski definition) is 2. The average Bonchev–Trinajstić information content (AvgIpc) is 2.89. The molecule has 0 aliphatic rings. The standard InChI is InChI=1S/C16H18BrF2NS/c1-3-6-20-15(12-9-21-8-10(12)2)7-11-14(18)5-4-13(17)16(11)19/h4-5,8-9,15,20H,3,6-7H2,1-2H3.